The van der Waals surface area contributed by atoms with Gasteiger partial charge in [-0.2, -0.15) is 0 Å². The third kappa shape index (κ3) is 3.45. The van der Waals surface area contributed by atoms with Crippen LogP contribution in [0.5, 0.6) is 0 Å². The van der Waals surface area contributed by atoms with Gasteiger partial charge in [-0.3, -0.25) is 9.69 Å². The molecule has 1 heterocycles. The first-order valence-electron chi connectivity index (χ1n) is 7.50. The maximum atomic E-state index is 12.3. The predicted molar refractivity (Wildman–Crippen MR) is 73.5 cm³/mol. The molecular weight excluding hydrogens is 226 g/mol. The Bertz CT molecular complexity index is 272. The summed E-state index contributed by atoms with van der Waals surface area (Å²) in [5, 5.41) is 3.43. The normalized spacial score (nSPS) is 24.3. The molecule has 0 radical (unpaired) electrons. The molecule has 0 aromatic heterocycles. The summed E-state index contributed by atoms with van der Waals surface area (Å²) in [4.78, 5) is 16.7. The van der Waals surface area contributed by atoms with E-state index in [-0.39, 0.29) is 0 Å². The zero-order valence-corrected chi connectivity index (χ0v) is 11.8. The fraction of sp³-hybridized carbons (Fsp3) is 0.929. The van der Waals surface area contributed by atoms with Gasteiger partial charge in [0.2, 0.25) is 5.91 Å². The lowest BCUT2D eigenvalue weighted by atomic mass is 10.1. The van der Waals surface area contributed by atoms with E-state index in [9.17, 15) is 4.79 Å². The van der Waals surface area contributed by atoms with Crippen molar-refractivity contribution >= 4 is 5.91 Å². The molecule has 18 heavy (non-hydrogen) atoms. The van der Waals surface area contributed by atoms with E-state index in [4.69, 9.17) is 0 Å². The van der Waals surface area contributed by atoms with Gasteiger partial charge in [0.1, 0.15) is 0 Å². The van der Waals surface area contributed by atoms with Gasteiger partial charge < -0.3 is 10.2 Å². The van der Waals surface area contributed by atoms with E-state index in [1.54, 1.807) is 0 Å². The van der Waals surface area contributed by atoms with Crippen molar-refractivity contribution in [3.63, 3.8) is 0 Å². The predicted octanol–water partition coefficient (Wildman–Crippen LogP) is 1.07. The summed E-state index contributed by atoms with van der Waals surface area (Å²) in [6.45, 7) is 8.86. The van der Waals surface area contributed by atoms with E-state index < -0.39 is 0 Å². The zero-order valence-electron chi connectivity index (χ0n) is 11.8. The van der Waals surface area contributed by atoms with Crippen LogP contribution in [0.15, 0.2) is 0 Å². The molecule has 0 spiro atoms. The number of carbonyl (C=O) groups excluding carboxylic acids is 1. The molecule has 104 valence electrons. The molecule has 0 bridgehead atoms. The van der Waals surface area contributed by atoms with Crippen LogP contribution in [0.3, 0.4) is 0 Å². The van der Waals surface area contributed by atoms with Crippen molar-refractivity contribution in [1.82, 2.24) is 15.1 Å². The topological polar surface area (TPSA) is 35.6 Å². The van der Waals surface area contributed by atoms with Gasteiger partial charge >= 0.3 is 0 Å². The van der Waals surface area contributed by atoms with E-state index in [0.29, 0.717) is 24.5 Å². The van der Waals surface area contributed by atoms with Gasteiger partial charge in [0.05, 0.1) is 6.54 Å². The molecule has 1 aliphatic heterocycles. The summed E-state index contributed by atoms with van der Waals surface area (Å²) < 4.78 is 0. The summed E-state index contributed by atoms with van der Waals surface area (Å²) in [6.07, 6.45) is 4.87. The Kier molecular flexibility index (Phi) is 5.01. The zero-order chi connectivity index (χ0) is 13.0. The summed E-state index contributed by atoms with van der Waals surface area (Å²) >= 11 is 0. The van der Waals surface area contributed by atoms with Crippen LogP contribution >= 0.6 is 0 Å². The van der Waals surface area contributed by atoms with E-state index in [1.807, 2.05) is 0 Å². The van der Waals surface area contributed by atoms with Gasteiger partial charge in [0.25, 0.3) is 0 Å². The van der Waals surface area contributed by atoms with Crippen molar-refractivity contribution in [1.29, 1.82) is 0 Å². The maximum absolute atomic E-state index is 12.3. The van der Waals surface area contributed by atoms with E-state index in [2.05, 4.69) is 29.0 Å². The number of piperidine rings is 1. The smallest absolute Gasteiger partial charge is 0.236 e. The fourth-order valence-electron chi connectivity index (χ4n) is 2.93. The molecule has 1 saturated carbocycles. The van der Waals surface area contributed by atoms with Crippen molar-refractivity contribution in [3.8, 4) is 0 Å². The van der Waals surface area contributed by atoms with Crippen molar-refractivity contribution in [2.75, 3.05) is 32.7 Å². The van der Waals surface area contributed by atoms with Gasteiger partial charge in [-0.25, -0.2) is 0 Å². The molecule has 1 aliphatic carbocycles. The minimum atomic E-state index is 0.326. The second kappa shape index (κ2) is 6.53. The molecule has 1 amide bonds. The lowest BCUT2D eigenvalue weighted by Crippen LogP contribution is -2.50. The molecule has 1 atom stereocenters. The van der Waals surface area contributed by atoms with Crippen LogP contribution < -0.4 is 5.32 Å². The average molecular weight is 253 g/mol. The van der Waals surface area contributed by atoms with E-state index in [0.717, 1.165) is 26.2 Å². The summed E-state index contributed by atoms with van der Waals surface area (Å²) in [5.74, 6) is 0.326. The molecule has 2 aliphatic rings. The highest BCUT2D eigenvalue weighted by Gasteiger charge is 2.32. The standard InChI is InChI=1S/C14H27N3O/c1-3-16(13-6-5-9-15-10-13)11-14(18)17(4-2)12-7-8-12/h12-13,15H,3-11H2,1-2H3. The van der Waals surface area contributed by atoms with Crippen LogP contribution in [0, 0.1) is 0 Å². The highest BCUT2D eigenvalue weighted by atomic mass is 16.2. The lowest BCUT2D eigenvalue weighted by molar-refractivity contribution is -0.133. The summed E-state index contributed by atoms with van der Waals surface area (Å²) in [6, 6.07) is 1.09. The maximum Gasteiger partial charge on any atom is 0.236 e. The first kappa shape index (κ1) is 13.8. The van der Waals surface area contributed by atoms with Gasteiger partial charge in [-0.1, -0.05) is 6.92 Å². The van der Waals surface area contributed by atoms with E-state index in [1.165, 1.54) is 25.7 Å². The van der Waals surface area contributed by atoms with Gasteiger partial charge in [0, 0.05) is 25.2 Å². The molecule has 1 unspecified atom stereocenters. The van der Waals surface area contributed by atoms with Crippen LogP contribution in [-0.2, 0) is 4.79 Å². The second-order valence-electron chi connectivity index (χ2n) is 5.47. The molecule has 2 rings (SSSR count). The Morgan fingerprint density at radius 1 is 1.17 bits per heavy atom. The minimum absolute atomic E-state index is 0.326. The third-order valence-electron chi connectivity index (χ3n) is 4.18. The van der Waals surface area contributed by atoms with Crippen LogP contribution in [0.1, 0.15) is 39.5 Å². The Hall–Kier alpha value is -0.610. The number of hydrogen-bond acceptors (Lipinski definition) is 3. The average Bonchev–Trinajstić information content (AvgIpc) is 3.22. The number of nitrogens with one attached hydrogen (secondary N) is 1. The molecule has 4 nitrogen and oxygen atoms in total. The van der Waals surface area contributed by atoms with Crippen LogP contribution in [0.25, 0.3) is 0 Å². The SMILES string of the molecule is CCN(CC(=O)N(CC)C1CC1)C1CCCNC1. The minimum Gasteiger partial charge on any atom is -0.339 e. The van der Waals surface area contributed by atoms with Crippen LogP contribution in [-0.4, -0.2) is 60.5 Å². The summed E-state index contributed by atoms with van der Waals surface area (Å²) in [7, 11) is 0. The number of nitrogens with zero attached hydrogens (tertiary/aromatic N) is 2. The number of amides is 1. The number of rotatable bonds is 6. The number of likely N-dealkylation sites (N-methyl/N-ethyl adjacent to an activating group) is 2. The van der Waals surface area contributed by atoms with Crippen molar-refractivity contribution < 1.29 is 4.79 Å². The van der Waals surface area contributed by atoms with Crippen molar-refractivity contribution in [3.05, 3.63) is 0 Å². The molecule has 2 fully saturated rings. The molecule has 1 saturated heterocycles. The fourth-order valence-corrected chi connectivity index (χ4v) is 2.93. The monoisotopic (exact) mass is 253 g/mol. The Morgan fingerprint density at radius 3 is 2.44 bits per heavy atom. The molecule has 4 heteroatoms. The van der Waals surface area contributed by atoms with Crippen molar-refractivity contribution in [2.45, 2.75) is 51.6 Å². The Balaban J connectivity index is 1.85. The quantitative estimate of drug-likeness (QED) is 0.769. The van der Waals surface area contributed by atoms with Gasteiger partial charge in [-0.05, 0) is 45.7 Å². The third-order valence-corrected chi connectivity index (χ3v) is 4.18. The second-order valence-corrected chi connectivity index (χ2v) is 5.47. The lowest BCUT2D eigenvalue weighted by Gasteiger charge is -2.34. The molecule has 1 N–H and O–H groups in total. The first-order chi connectivity index (χ1) is 8.76. The Labute approximate surface area is 111 Å². The summed E-state index contributed by atoms with van der Waals surface area (Å²) in [5.41, 5.74) is 0. The van der Waals surface area contributed by atoms with Crippen molar-refractivity contribution in [2.24, 2.45) is 0 Å². The highest BCUT2D eigenvalue weighted by Crippen LogP contribution is 2.26. The Morgan fingerprint density at radius 2 is 1.94 bits per heavy atom. The molecular formula is C14H27N3O. The highest BCUT2D eigenvalue weighted by molar-refractivity contribution is 5.79. The number of carbonyl (C=O) groups is 1. The van der Waals surface area contributed by atoms with Gasteiger partial charge in [-0.15, -0.1) is 0 Å². The van der Waals surface area contributed by atoms with Crippen LogP contribution in [0.4, 0.5) is 0 Å². The molecule has 0 aromatic carbocycles. The van der Waals surface area contributed by atoms with E-state index >= 15 is 0 Å². The van der Waals surface area contributed by atoms with Crippen LogP contribution in [0.2, 0.25) is 0 Å². The number of hydrogen-bond donors (Lipinski definition) is 1. The van der Waals surface area contributed by atoms with Gasteiger partial charge in [0.15, 0.2) is 0 Å². The first-order valence-corrected chi connectivity index (χ1v) is 7.50. The largest absolute Gasteiger partial charge is 0.339 e. The molecule has 0 aromatic rings.